The van der Waals surface area contributed by atoms with Gasteiger partial charge in [0.05, 0.1) is 37.2 Å². The summed E-state index contributed by atoms with van der Waals surface area (Å²) < 4.78 is 18.2. The first-order chi connectivity index (χ1) is 15.4. The van der Waals surface area contributed by atoms with Crippen molar-refractivity contribution >= 4 is 27.9 Å². The first-order valence-corrected chi connectivity index (χ1v) is 10.3. The number of ether oxygens (including phenoxy) is 2. The molecular formula is C24H25N3O5. The van der Waals surface area contributed by atoms with Gasteiger partial charge in [-0.1, -0.05) is 12.1 Å². The van der Waals surface area contributed by atoms with Gasteiger partial charge in [0.2, 0.25) is 11.7 Å². The zero-order valence-electron chi connectivity index (χ0n) is 18.5. The molecule has 2 aromatic heterocycles. The SMILES string of the molecule is COc1ccc2c(C)c(CC(=O)NCCc3nc4ccccc4n3C)c(=O)oc2c1OC. The van der Waals surface area contributed by atoms with Gasteiger partial charge < -0.3 is 23.8 Å². The second-order valence-electron chi connectivity index (χ2n) is 7.52. The Labute approximate surface area is 184 Å². The van der Waals surface area contributed by atoms with Crippen LogP contribution in [0.15, 0.2) is 45.6 Å². The van der Waals surface area contributed by atoms with E-state index >= 15 is 0 Å². The summed E-state index contributed by atoms with van der Waals surface area (Å²) in [5, 5.41) is 3.58. The number of nitrogens with one attached hydrogen (secondary N) is 1. The van der Waals surface area contributed by atoms with E-state index in [1.807, 2.05) is 35.9 Å². The highest BCUT2D eigenvalue weighted by Gasteiger charge is 2.19. The van der Waals surface area contributed by atoms with Gasteiger partial charge in [0.25, 0.3) is 0 Å². The summed E-state index contributed by atoms with van der Waals surface area (Å²) in [5.41, 5.74) is 2.72. The molecule has 2 heterocycles. The second kappa shape index (κ2) is 8.74. The van der Waals surface area contributed by atoms with Crippen molar-refractivity contribution in [3.05, 3.63) is 63.8 Å². The maximum atomic E-state index is 12.6. The number of benzene rings is 2. The van der Waals surface area contributed by atoms with E-state index in [1.54, 1.807) is 19.1 Å². The molecule has 0 saturated heterocycles. The maximum Gasteiger partial charge on any atom is 0.340 e. The van der Waals surface area contributed by atoms with Gasteiger partial charge in [-0.3, -0.25) is 4.79 Å². The maximum absolute atomic E-state index is 12.6. The molecule has 0 fully saturated rings. The molecule has 8 nitrogen and oxygen atoms in total. The molecule has 4 rings (SSSR count). The van der Waals surface area contributed by atoms with Crippen LogP contribution in [0.4, 0.5) is 0 Å². The fourth-order valence-corrected chi connectivity index (χ4v) is 3.93. The minimum Gasteiger partial charge on any atom is -0.493 e. The Hall–Kier alpha value is -3.81. The number of aromatic nitrogens is 2. The van der Waals surface area contributed by atoms with Gasteiger partial charge in [0.1, 0.15) is 5.82 Å². The molecule has 0 radical (unpaired) electrons. The van der Waals surface area contributed by atoms with E-state index in [4.69, 9.17) is 13.9 Å². The highest BCUT2D eigenvalue weighted by molar-refractivity contribution is 5.89. The number of fused-ring (bicyclic) bond motifs is 2. The molecule has 8 heteroatoms. The van der Waals surface area contributed by atoms with Crippen LogP contribution in [0.5, 0.6) is 11.5 Å². The van der Waals surface area contributed by atoms with E-state index < -0.39 is 5.63 Å². The fraction of sp³-hybridized carbons (Fsp3) is 0.292. The molecule has 0 aliphatic carbocycles. The topological polar surface area (TPSA) is 95.6 Å². The molecule has 0 aliphatic rings. The van der Waals surface area contributed by atoms with Gasteiger partial charge >= 0.3 is 5.63 Å². The van der Waals surface area contributed by atoms with Crippen LogP contribution in [-0.4, -0.2) is 36.2 Å². The van der Waals surface area contributed by atoms with Crippen LogP contribution < -0.4 is 20.4 Å². The van der Waals surface area contributed by atoms with Crippen molar-refractivity contribution in [3.63, 3.8) is 0 Å². The van der Waals surface area contributed by atoms with Crippen molar-refractivity contribution in [2.24, 2.45) is 7.05 Å². The highest BCUT2D eigenvalue weighted by atomic mass is 16.5. The summed E-state index contributed by atoms with van der Waals surface area (Å²) in [4.78, 5) is 29.8. The van der Waals surface area contributed by atoms with E-state index in [-0.39, 0.29) is 12.3 Å². The molecule has 166 valence electrons. The highest BCUT2D eigenvalue weighted by Crippen LogP contribution is 2.36. The lowest BCUT2D eigenvalue weighted by molar-refractivity contribution is -0.120. The van der Waals surface area contributed by atoms with Crippen molar-refractivity contribution in [1.29, 1.82) is 0 Å². The number of hydrogen-bond acceptors (Lipinski definition) is 6. The number of aryl methyl sites for hydroxylation is 2. The van der Waals surface area contributed by atoms with Crippen LogP contribution in [0.1, 0.15) is 17.0 Å². The Morgan fingerprint density at radius 3 is 2.66 bits per heavy atom. The zero-order chi connectivity index (χ0) is 22.8. The van der Waals surface area contributed by atoms with Crippen LogP contribution in [0.2, 0.25) is 0 Å². The van der Waals surface area contributed by atoms with Crippen molar-refractivity contribution in [1.82, 2.24) is 14.9 Å². The predicted octanol–water partition coefficient (Wildman–Crippen LogP) is 2.91. The standard InChI is InChI=1S/C24H25N3O5/c1-14-15-9-10-19(30-3)23(31-4)22(15)32-24(29)16(14)13-21(28)25-12-11-20-26-17-7-5-6-8-18(17)27(20)2/h5-10H,11-13H2,1-4H3,(H,25,28). The summed E-state index contributed by atoms with van der Waals surface area (Å²) in [5.74, 6) is 1.45. The van der Waals surface area contributed by atoms with Gasteiger partial charge in [0, 0.05) is 25.4 Å². The molecule has 1 N–H and O–H groups in total. The zero-order valence-corrected chi connectivity index (χ0v) is 18.5. The van der Waals surface area contributed by atoms with E-state index in [0.717, 1.165) is 16.9 Å². The van der Waals surface area contributed by atoms with E-state index in [9.17, 15) is 9.59 Å². The van der Waals surface area contributed by atoms with Crippen molar-refractivity contribution in [3.8, 4) is 11.5 Å². The van der Waals surface area contributed by atoms with E-state index in [0.29, 0.717) is 46.6 Å². The number of carbonyl (C=O) groups is 1. The van der Waals surface area contributed by atoms with E-state index in [1.165, 1.54) is 14.2 Å². The predicted molar refractivity (Wildman–Crippen MR) is 121 cm³/mol. The number of para-hydroxylation sites is 2. The van der Waals surface area contributed by atoms with Gasteiger partial charge in [-0.25, -0.2) is 9.78 Å². The normalized spacial score (nSPS) is 11.1. The monoisotopic (exact) mass is 435 g/mol. The third-order valence-corrected chi connectivity index (χ3v) is 5.69. The molecule has 0 bridgehead atoms. The van der Waals surface area contributed by atoms with Gasteiger partial charge in [0.15, 0.2) is 11.3 Å². The molecule has 2 aromatic carbocycles. The minimum absolute atomic E-state index is 0.0685. The Bertz CT molecular complexity index is 1370. The Morgan fingerprint density at radius 1 is 1.16 bits per heavy atom. The van der Waals surface area contributed by atoms with Gasteiger partial charge in [-0.2, -0.15) is 0 Å². The number of rotatable bonds is 7. The summed E-state index contributed by atoms with van der Waals surface area (Å²) in [7, 11) is 4.96. The summed E-state index contributed by atoms with van der Waals surface area (Å²) in [6.45, 7) is 2.21. The molecule has 0 aliphatic heterocycles. The van der Waals surface area contributed by atoms with Gasteiger partial charge in [-0.15, -0.1) is 0 Å². The number of carbonyl (C=O) groups excluding carboxylic acids is 1. The van der Waals surface area contributed by atoms with Gasteiger partial charge in [-0.05, 0) is 36.8 Å². The van der Waals surface area contributed by atoms with Crippen LogP contribution in [0.25, 0.3) is 22.0 Å². The molecular weight excluding hydrogens is 410 g/mol. The quantitative estimate of drug-likeness (QED) is 0.449. The van der Waals surface area contributed by atoms with Crippen LogP contribution >= 0.6 is 0 Å². The average Bonchev–Trinajstić information content (AvgIpc) is 3.11. The van der Waals surface area contributed by atoms with Crippen LogP contribution in [0.3, 0.4) is 0 Å². The molecule has 0 unspecified atom stereocenters. The second-order valence-corrected chi connectivity index (χ2v) is 7.52. The minimum atomic E-state index is -0.563. The van der Waals surface area contributed by atoms with Crippen molar-refractivity contribution in [2.45, 2.75) is 19.8 Å². The third kappa shape index (κ3) is 3.79. The molecule has 4 aromatic rings. The molecule has 0 atom stereocenters. The molecule has 1 amide bonds. The van der Waals surface area contributed by atoms with Crippen molar-refractivity contribution in [2.75, 3.05) is 20.8 Å². The smallest absolute Gasteiger partial charge is 0.340 e. The van der Waals surface area contributed by atoms with Crippen LogP contribution in [0, 0.1) is 6.92 Å². The first-order valence-electron chi connectivity index (χ1n) is 10.3. The molecule has 0 saturated carbocycles. The number of amides is 1. The van der Waals surface area contributed by atoms with E-state index in [2.05, 4.69) is 10.3 Å². The lowest BCUT2D eigenvalue weighted by atomic mass is 10.0. The average molecular weight is 435 g/mol. The Balaban J connectivity index is 1.49. The molecule has 32 heavy (non-hydrogen) atoms. The molecule has 0 spiro atoms. The van der Waals surface area contributed by atoms with Crippen LogP contribution in [-0.2, 0) is 24.7 Å². The number of methoxy groups -OCH3 is 2. The third-order valence-electron chi connectivity index (χ3n) is 5.69. The lowest BCUT2D eigenvalue weighted by Gasteiger charge is -2.13. The first kappa shape index (κ1) is 21.4. The lowest BCUT2D eigenvalue weighted by Crippen LogP contribution is -2.30. The fourth-order valence-electron chi connectivity index (χ4n) is 3.93. The number of nitrogens with zero attached hydrogens (tertiary/aromatic N) is 2. The largest absolute Gasteiger partial charge is 0.493 e. The summed E-state index contributed by atoms with van der Waals surface area (Å²) in [6, 6.07) is 11.4. The Morgan fingerprint density at radius 2 is 1.94 bits per heavy atom. The number of hydrogen-bond donors (Lipinski definition) is 1. The summed E-state index contributed by atoms with van der Waals surface area (Å²) in [6.07, 6.45) is 0.514. The number of imidazole rings is 1. The summed E-state index contributed by atoms with van der Waals surface area (Å²) >= 11 is 0. The Kier molecular flexibility index (Phi) is 5.85. The van der Waals surface area contributed by atoms with Crippen molar-refractivity contribution < 1.29 is 18.7 Å².